The third kappa shape index (κ3) is 4.57. The van der Waals surface area contributed by atoms with Gasteiger partial charge in [-0.2, -0.15) is 0 Å². The van der Waals surface area contributed by atoms with Crippen molar-refractivity contribution in [3.8, 4) is 0 Å². The number of hydrogen-bond donors (Lipinski definition) is 1. The summed E-state index contributed by atoms with van der Waals surface area (Å²) in [6.07, 6.45) is 11.0. The van der Waals surface area contributed by atoms with Crippen molar-refractivity contribution in [1.29, 1.82) is 0 Å². The van der Waals surface area contributed by atoms with Gasteiger partial charge in [-0.3, -0.25) is 9.59 Å². The third-order valence-corrected chi connectivity index (χ3v) is 6.28. The zero-order chi connectivity index (χ0) is 19.3. The number of carbonyl (C=O) groups excluding carboxylic acids is 2. The zero-order valence-corrected chi connectivity index (χ0v) is 16.7. The minimum Gasteiger partial charge on any atom is -0.372 e. The fraction of sp³-hybridized carbons (Fsp3) is 0.565. The smallest absolute Gasteiger partial charge is 0.229 e. The largest absolute Gasteiger partial charge is 0.372 e. The summed E-state index contributed by atoms with van der Waals surface area (Å²) in [4.78, 5) is 29.2. The van der Waals surface area contributed by atoms with Gasteiger partial charge in [-0.05, 0) is 69.2 Å². The highest BCUT2D eigenvalue weighted by Crippen LogP contribution is 2.25. The Morgan fingerprint density at radius 1 is 1.07 bits per heavy atom. The molecule has 3 aliphatic rings. The molecule has 1 aromatic rings. The molecule has 0 bridgehead atoms. The molecule has 0 spiro atoms. The van der Waals surface area contributed by atoms with Crippen LogP contribution < -0.4 is 10.2 Å². The topological polar surface area (TPSA) is 52.7 Å². The Hall–Kier alpha value is -2.30. The molecule has 0 radical (unpaired) electrons. The van der Waals surface area contributed by atoms with E-state index in [2.05, 4.69) is 28.4 Å². The molecule has 2 amide bonds. The van der Waals surface area contributed by atoms with E-state index in [4.69, 9.17) is 0 Å². The maximum atomic E-state index is 12.6. The van der Waals surface area contributed by atoms with Crippen molar-refractivity contribution in [1.82, 2.24) is 4.90 Å². The summed E-state index contributed by atoms with van der Waals surface area (Å²) < 4.78 is 0. The SMILES string of the molecule is O=C(Nc1ccc(N2CCCC2)cc1)C1CC(=O)N(CCC2=CCCCC2)C1. The summed E-state index contributed by atoms with van der Waals surface area (Å²) in [5.41, 5.74) is 3.51. The second-order valence-corrected chi connectivity index (χ2v) is 8.33. The predicted octanol–water partition coefficient (Wildman–Crippen LogP) is 3.96. The van der Waals surface area contributed by atoms with Gasteiger partial charge in [0.1, 0.15) is 0 Å². The average Bonchev–Trinajstić information content (AvgIpc) is 3.38. The van der Waals surface area contributed by atoms with Crippen LogP contribution in [0.4, 0.5) is 11.4 Å². The van der Waals surface area contributed by atoms with Crippen LogP contribution in [0.5, 0.6) is 0 Å². The summed E-state index contributed by atoms with van der Waals surface area (Å²) in [7, 11) is 0. The van der Waals surface area contributed by atoms with Gasteiger partial charge in [-0.15, -0.1) is 0 Å². The normalized spacial score (nSPS) is 22.5. The van der Waals surface area contributed by atoms with Crippen LogP contribution in [-0.2, 0) is 9.59 Å². The van der Waals surface area contributed by atoms with E-state index >= 15 is 0 Å². The number of likely N-dealkylation sites (tertiary alicyclic amines) is 1. The maximum absolute atomic E-state index is 12.6. The second kappa shape index (κ2) is 8.80. The number of amides is 2. The van der Waals surface area contributed by atoms with Gasteiger partial charge in [0.15, 0.2) is 0 Å². The number of hydrogen-bond acceptors (Lipinski definition) is 3. The highest BCUT2D eigenvalue weighted by molar-refractivity contribution is 5.97. The zero-order valence-electron chi connectivity index (χ0n) is 16.7. The predicted molar refractivity (Wildman–Crippen MR) is 112 cm³/mol. The minimum atomic E-state index is -0.244. The molecule has 5 nitrogen and oxygen atoms in total. The van der Waals surface area contributed by atoms with Crippen molar-refractivity contribution in [3.05, 3.63) is 35.9 Å². The third-order valence-electron chi connectivity index (χ3n) is 6.28. The van der Waals surface area contributed by atoms with E-state index in [1.807, 2.05) is 17.0 Å². The van der Waals surface area contributed by atoms with Gasteiger partial charge in [-0.25, -0.2) is 0 Å². The van der Waals surface area contributed by atoms with Crippen LogP contribution >= 0.6 is 0 Å². The van der Waals surface area contributed by atoms with Crippen LogP contribution in [0.25, 0.3) is 0 Å². The lowest BCUT2D eigenvalue weighted by Gasteiger charge is -2.19. The first-order valence-corrected chi connectivity index (χ1v) is 10.8. The molecule has 2 fully saturated rings. The lowest BCUT2D eigenvalue weighted by atomic mass is 9.97. The molecule has 5 heteroatoms. The Kier molecular flexibility index (Phi) is 5.98. The fourth-order valence-corrected chi connectivity index (χ4v) is 4.55. The first-order chi connectivity index (χ1) is 13.7. The summed E-state index contributed by atoms with van der Waals surface area (Å²) in [5, 5.41) is 3.00. The second-order valence-electron chi connectivity index (χ2n) is 8.33. The molecular weight excluding hydrogens is 350 g/mol. The molecule has 1 N–H and O–H groups in total. The van der Waals surface area contributed by atoms with E-state index in [-0.39, 0.29) is 17.7 Å². The van der Waals surface area contributed by atoms with Crippen LogP contribution in [0.15, 0.2) is 35.9 Å². The Bertz CT molecular complexity index is 735. The molecule has 1 aliphatic carbocycles. The average molecular weight is 382 g/mol. The lowest BCUT2D eigenvalue weighted by molar-refractivity contribution is -0.128. The number of anilines is 2. The van der Waals surface area contributed by atoms with E-state index in [9.17, 15) is 9.59 Å². The van der Waals surface area contributed by atoms with Crippen LogP contribution in [0.3, 0.4) is 0 Å². The van der Waals surface area contributed by atoms with Crippen LogP contribution in [0, 0.1) is 5.92 Å². The first kappa shape index (κ1) is 19.0. The van der Waals surface area contributed by atoms with Gasteiger partial charge in [-0.1, -0.05) is 11.6 Å². The fourth-order valence-electron chi connectivity index (χ4n) is 4.55. The van der Waals surface area contributed by atoms with Crippen LogP contribution in [-0.4, -0.2) is 42.9 Å². The lowest BCUT2D eigenvalue weighted by Crippen LogP contribution is -2.29. The molecular formula is C23H31N3O2. The number of allylic oxidation sites excluding steroid dienone is 1. The summed E-state index contributed by atoms with van der Waals surface area (Å²) in [5.74, 6) is -0.173. The number of carbonyl (C=O) groups is 2. The van der Waals surface area contributed by atoms with Crippen molar-refractivity contribution in [3.63, 3.8) is 0 Å². The van der Waals surface area contributed by atoms with Crippen molar-refractivity contribution in [2.75, 3.05) is 36.4 Å². The van der Waals surface area contributed by atoms with Gasteiger partial charge in [0.05, 0.1) is 5.92 Å². The Morgan fingerprint density at radius 3 is 2.57 bits per heavy atom. The highest BCUT2D eigenvalue weighted by Gasteiger charge is 2.34. The molecule has 0 saturated carbocycles. The Morgan fingerprint density at radius 2 is 1.86 bits per heavy atom. The van der Waals surface area contributed by atoms with Gasteiger partial charge < -0.3 is 15.1 Å². The first-order valence-electron chi connectivity index (χ1n) is 10.8. The maximum Gasteiger partial charge on any atom is 0.229 e. The van der Waals surface area contributed by atoms with E-state index in [1.54, 1.807) is 0 Å². The molecule has 1 atom stereocenters. The standard InChI is InChI=1S/C23H31N3O2/c27-22-16-19(17-26(22)15-12-18-6-2-1-3-7-18)23(28)24-20-8-10-21(11-9-20)25-13-4-5-14-25/h6,8-11,19H,1-5,7,12-17H2,(H,24,28). The molecule has 2 saturated heterocycles. The van der Waals surface area contributed by atoms with Crippen molar-refractivity contribution in [2.24, 2.45) is 5.92 Å². The van der Waals surface area contributed by atoms with Gasteiger partial charge in [0, 0.05) is 44.0 Å². The molecule has 2 aliphatic heterocycles. The van der Waals surface area contributed by atoms with Crippen LogP contribution in [0.2, 0.25) is 0 Å². The van der Waals surface area contributed by atoms with Crippen molar-refractivity contribution >= 4 is 23.2 Å². The highest BCUT2D eigenvalue weighted by atomic mass is 16.2. The minimum absolute atomic E-state index is 0.0401. The molecule has 1 unspecified atom stereocenters. The van der Waals surface area contributed by atoms with E-state index < -0.39 is 0 Å². The van der Waals surface area contributed by atoms with Gasteiger partial charge in [0.2, 0.25) is 11.8 Å². The Balaban J connectivity index is 1.27. The van der Waals surface area contributed by atoms with Crippen LogP contribution in [0.1, 0.15) is 51.4 Å². The summed E-state index contributed by atoms with van der Waals surface area (Å²) >= 11 is 0. The Labute approximate surface area is 167 Å². The number of nitrogens with zero attached hydrogens (tertiary/aromatic N) is 2. The number of nitrogens with one attached hydrogen (secondary N) is 1. The number of benzene rings is 1. The van der Waals surface area contributed by atoms with Crippen molar-refractivity contribution < 1.29 is 9.59 Å². The molecule has 28 heavy (non-hydrogen) atoms. The molecule has 0 aromatic heterocycles. The monoisotopic (exact) mass is 381 g/mol. The quantitative estimate of drug-likeness (QED) is 0.759. The molecule has 1 aromatic carbocycles. The van der Waals surface area contributed by atoms with E-state index in [1.165, 1.54) is 49.8 Å². The summed E-state index contributed by atoms with van der Waals surface area (Å²) in [6, 6.07) is 8.08. The van der Waals surface area contributed by atoms with Gasteiger partial charge in [0.25, 0.3) is 0 Å². The van der Waals surface area contributed by atoms with Gasteiger partial charge >= 0.3 is 0 Å². The number of rotatable bonds is 6. The molecule has 150 valence electrons. The van der Waals surface area contributed by atoms with E-state index in [0.717, 1.165) is 31.7 Å². The van der Waals surface area contributed by atoms with E-state index in [0.29, 0.717) is 13.0 Å². The molecule has 4 rings (SSSR count). The molecule has 2 heterocycles. The summed E-state index contributed by atoms with van der Waals surface area (Å²) in [6.45, 7) is 3.52. The van der Waals surface area contributed by atoms with Crippen molar-refractivity contribution in [2.45, 2.75) is 51.4 Å².